The second-order valence-corrected chi connectivity index (χ2v) is 8.28. The number of halogens is 2. The van der Waals surface area contributed by atoms with Crippen molar-refractivity contribution in [2.24, 2.45) is 0 Å². The summed E-state index contributed by atoms with van der Waals surface area (Å²) >= 11 is -0.281. The SMILES string of the molecule is C[CH2][Hf+2][C]1=C(C)C=CC1.[Cl-].[Cl-]. The van der Waals surface area contributed by atoms with Gasteiger partial charge in [0, 0.05) is 0 Å². The van der Waals surface area contributed by atoms with Gasteiger partial charge in [-0.05, 0) is 0 Å². The minimum atomic E-state index is -0.281. The quantitative estimate of drug-likeness (QED) is 0.456. The average molecular weight is 358 g/mol. The topological polar surface area (TPSA) is 0 Å². The van der Waals surface area contributed by atoms with Crippen LogP contribution in [0.1, 0.15) is 20.3 Å². The second-order valence-electron chi connectivity index (χ2n) is 2.30. The van der Waals surface area contributed by atoms with E-state index in [0.29, 0.717) is 0 Å². The van der Waals surface area contributed by atoms with E-state index in [9.17, 15) is 0 Å². The van der Waals surface area contributed by atoms with E-state index in [0.717, 1.165) is 0 Å². The van der Waals surface area contributed by atoms with Crippen molar-refractivity contribution in [1.29, 1.82) is 0 Å². The summed E-state index contributed by atoms with van der Waals surface area (Å²) in [7, 11) is 0. The Balaban J connectivity index is 0. The first-order chi connectivity index (χ1) is 4.34. The fourth-order valence-corrected chi connectivity index (χ4v) is 4.82. The number of hydrogen-bond donors (Lipinski definition) is 0. The van der Waals surface area contributed by atoms with Gasteiger partial charge in [0.15, 0.2) is 0 Å². The van der Waals surface area contributed by atoms with E-state index in [1.165, 1.54) is 10.6 Å². The van der Waals surface area contributed by atoms with Crippen molar-refractivity contribution in [3.05, 3.63) is 21.1 Å². The maximum Gasteiger partial charge on any atom is -1.00 e. The van der Waals surface area contributed by atoms with Crippen LogP contribution in [0.3, 0.4) is 0 Å². The van der Waals surface area contributed by atoms with E-state index in [-0.39, 0.29) is 47.7 Å². The molecule has 0 bridgehead atoms. The van der Waals surface area contributed by atoms with Crippen LogP contribution in [-0.4, -0.2) is 0 Å². The molecule has 0 aromatic rings. The van der Waals surface area contributed by atoms with Crippen LogP contribution in [0.2, 0.25) is 4.18 Å². The van der Waals surface area contributed by atoms with E-state index < -0.39 is 0 Å². The smallest absolute Gasteiger partial charge is 1.00 e. The van der Waals surface area contributed by atoms with E-state index in [1.807, 2.05) is 3.33 Å². The average Bonchev–Trinajstić information content (AvgIpc) is 2.18. The van der Waals surface area contributed by atoms with E-state index in [4.69, 9.17) is 0 Å². The van der Waals surface area contributed by atoms with Gasteiger partial charge in [0.2, 0.25) is 0 Å². The predicted octanol–water partition coefficient (Wildman–Crippen LogP) is -3.25. The summed E-state index contributed by atoms with van der Waals surface area (Å²) in [5, 5.41) is 0. The molecule has 0 aliphatic heterocycles. The van der Waals surface area contributed by atoms with Crippen LogP contribution < -0.4 is 24.8 Å². The Bertz CT molecular complexity index is 161. The van der Waals surface area contributed by atoms with Gasteiger partial charge in [-0.1, -0.05) is 0 Å². The number of allylic oxidation sites excluding steroid dienone is 4. The Labute approximate surface area is 92.7 Å². The second kappa shape index (κ2) is 7.57. The Hall–Kier alpha value is 0.930. The summed E-state index contributed by atoms with van der Waals surface area (Å²) in [5.74, 6) is 0. The van der Waals surface area contributed by atoms with Gasteiger partial charge in [-0.2, -0.15) is 0 Å². The molecule has 1 rings (SSSR count). The van der Waals surface area contributed by atoms with Gasteiger partial charge in [0.1, 0.15) is 0 Å². The molecule has 0 radical (unpaired) electrons. The molecule has 0 aromatic carbocycles. The molecular weight excluding hydrogens is 345 g/mol. The molecule has 0 saturated carbocycles. The van der Waals surface area contributed by atoms with Gasteiger partial charge in [0.05, 0.1) is 0 Å². The van der Waals surface area contributed by atoms with Gasteiger partial charge >= 0.3 is 68.4 Å². The fourth-order valence-electron chi connectivity index (χ4n) is 1.04. The molecule has 0 nitrogen and oxygen atoms in total. The van der Waals surface area contributed by atoms with Crippen molar-refractivity contribution in [3.8, 4) is 0 Å². The summed E-state index contributed by atoms with van der Waals surface area (Å²) in [5.41, 5.74) is 1.58. The van der Waals surface area contributed by atoms with Crippen molar-refractivity contribution in [3.63, 3.8) is 0 Å². The molecule has 0 spiro atoms. The third kappa shape index (κ3) is 4.49. The van der Waals surface area contributed by atoms with Crippen molar-refractivity contribution in [1.82, 2.24) is 0 Å². The van der Waals surface area contributed by atoms with E-state index in [1.54, 1.807) is 5.57 Å². The summed E-state index contributed by atoms with van der Waals surface area (Å²) in [6, 6.07) is 0. The minimum Gasteiger partial charge on any atom is -1.00 e. The molecule has 0 fully saturated rings. The van der Waals surface area contributed by atoms with Crippen LogP contribution in [0.15, 0.2) is 21.1 Å². The first kappa shape index (κ1) is 14.5. The zero-order chi connectivity index (χ0) is 6.69. The van der Waals surface area contributed by atoms with E-state index >= 15 is 0 Å². The van der Waals surface area contributed by atoms with Crippen molar-refractivity contribution >= 4 is 0 Å². The standard InChI is InChI=1S/C6H7.C2H5.2ClH.Hf/c1-6-4-2-3-5-6;1-2;;;/h2,4H,3H2,1H3;1H2,2H3;2*1H;/q;;;;+2/p-2. The molecule has 0 N–H and O–H groups in total. The molecule has 0 unspecified atom stereocenters. The van der Waals surface area contributed by atoms with Crippen LogP contribution in [0.4, 0.5) is 0 Å². The van der Waals surface area contributed by atoms with Gasteiger partial charge in [-0.3, -0.25) is 0 Å². The first-order valence-electron chi connectivity index (χ1n) is 3.44. The molecule has 0 atom stereocenters. The van der Waals surface area contributed by atoms with Crippen LogP contribution in [0.5, 0.6) is 0 Å². The molecule has 1 aliphatic carbocycles. The van der Waals surface area contributed by atoms with Crippen LogP contribution in [-0.2, 0) is 22.9 Å². The van der Waals surface area contributed by atoms with Gasteiger partial charge in [-0.15, -0.1) is 0 Å². The molecule has 0 amide bonds. The molecule has 62 valence electrons. The predicted molar refractivity (Wildman–Crippen MR) is 36.9 cm³/mol. The Morgan fingerprint density at radius 1 is 1.45 bits per heavy atom. The molecule has 0 saturated heterocycles. The Morgan fingerprint density at radius 2 is 2.09 bits per heavy atom. The number of hydrogen-bond acceptors (Lipinski definition) is 0. The normalized spacial score (nSPS) is 13.6. The minimum absolute atomic E-state index is 0. The van der Waals surface area contributed by atoms with Gasteiger partial charge < -0.3 is 24.8 Å². The Kier molecular flexibility index (Phi) is 9.95. The maximum absolute atomic E-state index is 2.32. The summed E-state index contributed by atoms with van der Waals surface area (Å²) in [4.78, 5) is 0. The van der Waals surface area contributed by atoms with Crippen LogP contribution in [0, 0.1) is 0 Å². The largest absolute Gasteiger partial charge is 1.00 e. The third-order valence-corrected chi connectivity index (χ3v) is 6.51. The van der Waals surface area contributed by atoms with Crippen molar-refractivity contribution in [2.75, 3.05) is 0 Å². The van der Waals surface area contributed by atoms with E-state index in [2.05, 4.69) is 26.0 Å². The molecule has 0 heterocycles. The first-order valence-corrected chi connectivity index (χ1v) is 7.78. The molecule has 1 aliphatic rings. The molecule has 11 heavy (non-hydrogen) atoms. The van der Waals surface area contributed by atoms with Crippen molar-refractivity contribution in [2.45, 2.75) is 24.4 Å². The third-order valence-electron chi connectivity index (χ3n) is 1.56. The van der Waals surface area contributed by atoms with Crippen molar-refractivity contribution < 1.29 is 47.7 Å². The summed E-state index contributed by atoms with van der Waals surface area (Å²) in [6.45, 7) is 4.57. The van der Waals surface area contributed by atoms with Gasteiger partial charge in [-0.25, -0.2) is 0 Å². The fraction of sp³-hybridized carbons (Fsp3) is 0.500. The summed E-state index contributed by atoms with van der Waals surface area (Å²) < 4.78 is 3.31. The van der Waals surface area contributed by atoms with Crippen LogP contribution >= 0.6 is 0 Å². The number of rotatable bonds is 2. The molecule has 0 aromatic heterocycles. The van der Waals surface area contributed by atoms with Gasteiger partial charge in [0.25, 0.3) is 0 Å². The maximum atomic E-state index is 2.32. The zero-order valence-electron chi connectivity index (χ0n) is 6.82. The molecular formula is C8H12Cl2Hf. The molecule has 3 heteroatoms. The zero-order valence-corrected chi connectivity index (χ0v) is 11.9. The Morgan fingerprint density at radius 3 is 2.45 bits per heavy atom. The van der Waals surface area contributed by atoms with Crippen LogP contribution in [0.25, 0.3) is 0 Å². The monoisotopic (exact) mass is 358 g/mol. The summed E-state index contributed by atoms with van der Waals surface area (Å²) in [6.07, 6.45) is 5.87.